The van der Waals surface area contributed by atoms with Gasteiger partial charge in [0.25, 0.3) is 0 Å². The Morgan fingerprint density at radius 2 is 2.07 bits per heavy atom. The highest BCUT2D eigenvalue weighted by molar-refractivity contribution is 5.81. The molecule has 0 aromatic heterocycles. The maximum atomic E-state index is 8.00. The molecule has 2 saturated heterocycles. The van der Waals surface area contributed by atoms with E-state index in [9.17, 15) is 0 Å². The van der Waals surface area contributed by atoms with Crippen molar-refractivity contribution in [3.63, 3.8) is 0 Å². The molecule has 2 aliphatic heterocycles. The first kappa shape index (κ1) is 9.97. The molecule has 1 N–H and O–H groups in total. The molecule has 0 aromatic rings. The van der Waals surface area contributed by atoms with Gasteiger partial charge >= 0.3 is 0 Å². The lowest BCUT2D eigenvalue weighted by molar-refractivity contribution is 0.148. The molecule has 0 spiro atoms. The molecule has 0 aromatic carbocycles. The van der Waals surface area contributed by atoms with Gasteiger partial charge in [-0.3, -0.25) is 10.3 Å². The Morgan fingerprint density at radius 3 is 2.79 bits per heavy atom. The van der Waals surface area contributed by atoms with Crippen LogP contribution in [-0.2, 0) is 0 Å². The van der Waals surface area contributed by atoms with Gasteiger partial charge in [-0.25, -0.2) is 0 Å². The Balaban J connectivity index is 1.94. The molecule has 2 aliphatic rings. The van der Waals surface area contributed by atoms with Crippen LogP contribution in [0.25, 0.3) is 0 Å². The van der Waals surface area contributed by atoms with Crippen molar-refractivity contribution >= 4 is 5.84 Å². The first-order chi connectivity index (χ1) is 6.68. The third-order valence-corrected chi connectivity index (χ3v) is 3.47. The SMILES string of the molecule is CC(C)C(=N)N1CCN2CCCC2C1. The predicted octanol–water partition coefficient (Wildman–Crippen LogP) is 1.40. The van der Waals surface area contributed by atoms with Crippen molar-refractivity contribution in [2.75, 3.05) is 26.2 Å². The monoisotopic (exact) mass is 195 g/mol. The van der Waals surface area contributed by atoms with E-state index in [0.29, 0.717) is 5.92 Å². The van der Waals surface area contributed by atoms with E-state index < -0.39 is 0 Å². The second-order valence-corrected chi connectivity index (χ2v) is 4.82. The fourth-order valence-corrected chi connectivity index (χ4v) is 2.58. The summed E-state index contributed by atoms with van der Waals surface area (Å²) in [6, 6.07) is 0.739. The lowest BCUT2D eigenvalue weighted by Gasteiger charge is -2.39. The van der Waals surface area contributed by atoms with E-state index >= 15 is 0 Å². The highest BCUT2D eigenvalue weighted by Crippen LogP contribution is 2.22. The van der Waals surface area contributed by atoms with Gasteiger partial charge in [0.1, 0.15) is 0 Å². The second kappa shape index (κ2) is 3.89. The van der Waals surface area contributed by atoms with Crippen LogP contribution in [0.1, 0.15) is 26.7 Å². The number of nitrogens with one attached hydrogen (secondary N) is 1. The Bertz CT molecular complexity index is 225. The average Bonchev–Trinajstić information content (AvgIpc) is 2.62. The molecule has 0 bridgehead atoms. The van der Waals surface area contributed by atoms with E-state index in [1.54, 1.807) is 0 Å². The van der Waals surface area contributed by atoms with Crippen molar-refractivity contribution in [2.45, 2.75) is 32.7 Å². The lowest BCUT2D eigenvalue weighted by Crippen LogP contribution is -2.52. The summed E-state index contributed by atoms with van der Waals surface area (Å²) in [6.45, 7) is 8.84. The number of amidine groups is 1. The Morgan fingerprint density at radius 1 is 1.29 bits per heavy atom. The summed E-state index contributed by atoms with van der Waals surface area (Å²) < 4.78 is 0. The smallest absolute Gasteiger partial charge is 0.0984 e. The van der Waals surface area contributed by atoms with Crippen LogP contribution in [0.2, 0.25) is 0 Å². The average molecular weight is 195 g/mol. The molecular weight excluding hydrogens is 174 g/mol. The molecule has 1 unspecified atom stereocenters. The van der Waals surface area contributed by atoms with Gasteiger partial charge in [-0.05, 0) is 19.4 Å². The molecule has 80 valence electrons. The molecule has 0 saturated carbocycles. The minimum atomic E-state index is 0.378. The van der Waals surface area contributed by atoms with Crippen molar-refractivity contribution in [1.82, 2.24) is 9.80 Å². The van der Waals surface area contributed by atoms with Crippen LogP contribution in [0.5, 0.6) is 0 Å². The van der Waals surface area contributed by atoms with Crippen LogP contribution in [-0.4, -0.2) is 47.9 Å². The lowest BCUT2D eigenvalue weighted by atomic mass is 10.1. The van der Waals surface area contributed by atoms with E-state index in [2.05, 4.69) is 23.6 Å². The number of hydrogen-bond acceptors (Lipinski definition) is 2. The van der Waals surface area contributed by atoms with Crippen LogP contribution in [0.15, 0.2) is 0 Å². The fourth-order valence-electron chi connectivity index (χ4n) is 2.58. The van der Waals surface area contributed by atoms with Crippen molar-refractivity contribution in [3.05, 3.63) is 0 Å². The number of rotatable bonds is 1. The van der Waals surface area contributed by atoms with Crippen molar-refractivity contribution in [2.24, 2.45) is 5.92 Å². The first-order valence-electron chi connectivity index (χ1n) is 5.76. The van der Waals surface area contributed by atoms with Gasteiger partial charge in [-0.15, -0.1) is 0 Å². The van der Waals surface area contributed by atoms with Crippen LogP contribution in [0.4, 0.5) is 0 Å². The zero-order valence-electron chi connectivity index (χ0n) is 9.29. The van der Waals surface area contributed by atoms with Gasteiger partial charge in [-0.1, -0.05) is 13.8 Å². The zero-order chi connectivity index (χ0) is 10.1. The van der Waals surface area contributed by atoms with E-state index in [1.807, 2.05) is 0 Å². The summed E-state index contributed by atoms with van der Waals surface area (Å²) in [6.07, 6.45) is 2.69. The second-order valence-electron chi connectivity index (χ2n) is 4.82. The minimum Gasteiger partial charge on any atom is -0.357 e. The van der Waals surface area contributed by atoms with Gasteiger partial charge in [0.2, 0.25) is 0 Å². The number of hydrogen-bond donors (Lipinski definition) is 1. The van der Waals surface area contributed by atoms with Gasteiger partial charge in [-0.2, -0.15) is 0 Å². The third-order valence-electron chi connectivity index (χ3n) is 3.47. The maximum absolute atomic E-state index is 8.00. The molecule has 0 radical (unpaired) electrons. The largest absolute Gasteiger partial charge is 0.357 e. The molecule has 3 heteroatoms. The first-order valence-corrected chi connectivity index (χ1v) is 5.76. The number of piperazine rings is 1. The highest BCUT2D eigenvalue weighted by Gasteiger charge is 2.31. The quantitative estimate of drug-likeness (QED) is 0.506. The molecule has 2 fully saturated rings. The number of nitrogens with zero attached hydrogens (tertiary/aromatic N) is 2. The minimum absolute atomic E-state index is 0.378. The standard InChI is InChI=1S/C11H21N3/c1-9(2)11(12)14-7-6-13-5-3-4-10(13)8-14/h9-10,12H,3-8H2,1-2H3. The van der Waals surface area contributed by atoms with Gasteiger partial charge < -0.3 is 4.90 Å². The Kier molecular flexibility index (Phi) is 2.77. The third kappa shape index (κ3) is 1.78. The van der Waals surface area contributed by atoms with Gasteiger partial charge in [0, 0.05) is 31.6 Å². The van der Waals surface area contributed by atoms with E-state index in [1.165, 1.54) is 25.9 Å². The molecule has 0 amide bonds. The van der Waals surface area contributed by atoms with Crippen LogP contribution < -0.4 is 0 Å². The summed E-state index contributed by atoms with van der Waals surface area (Å²) in [5, 5.41) is 8.00. The summed E-state index contributed by atoms with van der Waals surface area (Å²) in [7, 11) is 0. The molecule has 1 atom stereocenters. The molecule has 0 aliphatic carbocycles. The zero-order valence-corrected chi connectivity index (χ0v) is 9.29. The van der Waals surface area contributed by atoms with Crippen molar-refractivity contribution < 1.29 is 0 Å². The van der Waals surface area contributed by atoms with E-state index in [4.69, 9.17) is 5.41 Å². The Labute approximate surface area is 86.6 Å². The van der Waals surface area contributed by atoms with Gasteiger partial charge in [0.15, 0.2) is 0 Å². The number of fused-ring (bicyclic) bond motifs is 1. The fraction of sp³-hybridized carbons (Fsp3) is 0.909. The normalized spacial score (nSPS) is 28.2. The van der Waals surface area contributed by atoms with Crippen molar-refractivity contribution in [3.8, 4) is 0 Å². The topological polar surface area (TPSA) is 30.3 Å². The predicted molar refractivity (Wildman–Crippen MR) is 58.7 cm³/mol. The molecule has 3 nitrogen and oxygen atoms in total. The summed E-state index contributed by atoms with van der Waals surface area (Å²) in [4.78, 5) is 4.86. The molecule has 14 heavy (non-hydrogen) atoms. The van der Waals surface area contributed by atoms with Crippen molar-refractivity contribution in [1.29, 1.82) is 5.41 Å². The van der Waals surface area contributed by atoms with E-state index in [-0.39, 0.29) is 0 Å². The van der Waals surface area contributed by atoms with Crippen LogP contribution >= 0.6 is 0 Å². The van der Waals surface area contributed by atoms with Crippen LogP contribution in [0, 0.1) is 11.3 Å². The van der Waals surface area contributed by atoms with Crippen LogP contribution in [0.3, 0.4) is 0 Å². The highest BCUT2D eigenvalue weighted by atomic mass is 15.3. The molecule has 2 rings (SSSR count). The summed E-state index contributed by atoms with van der Waals surface area (Å²) in [5.74, 6) is 1.21. The Hall–Kier alpha value is -0.570. The maximum Gasteiger partial charge on any atom is 0.0984 e. The van der Waals surface area contributed by atoms with Gasteiger partial charge in [0.05, 0.1) is 5.84 Å². The molecule has 2 heterocycles. The summed E-state index contributed by atoms with van der Waals surface area (Å²) in [5.41, 5.74) is 0. The van der Waals surface area contributed by atoms with E-state index in [0.717, 1.165) is 25.0 Å². The summed E-state index contributed by atoms with van der Waals surface area (Å²) >= 11 is 0. The molecular formula is C11H21N3.